The van der Waals surface area contributed by atoms with Gasteiger partial charge in [0.1, 0.15) is 11.6 Å². The van der Waals surface area contributed by atoms with Gasteiger partial charge in [-0.1, -0.05) is 30.3 Å². The first-order valence-electron chi connectivity index (χ1n) is 9.74. The van der Waals surface area contributed by atoms with Crippen LogP contribution < -0.4 is 4.74 Å². The largest absolute Gasteiger partial charge is 0.497 e. The minimum Gasteiger partial charge on any atom is -0.497 e. The Kier molecular flexibility index (Phi) is 5.42. The average Bonchev–Trinajstić information content (AvgIpc) is 3.22. The summed E-state index contributed by atoms with van der Waals surface area (Å²) >= 11 is 0. The predicted molar refractivity (Wildman–Crippen MR) is 109 cm³/mol. The van der Waals surface area contributed by atoms with Crippen LogP contribution in [0.2, 0.25) is 0 Å². The number of nitrogens with zero attached hydrogens (tertiary/aromatic N) is 3. The molecule has 0 atom stereocenters. The average molecular weight is 375 g/mol. The van der Waals surface area contributed by atoms with Gasteiger partial charge in [-0.3, -0.25) is 4.79 Å². The van der Waals surface area contributed by atoms with Crippen molar-refractivity contribution < 1.29 is 9.53 Å². The number of piperidine rings is 1. The van der Waals surface area contributed by atoms with E-state index in [9.17, 15) is 4.79 Å². The van der Waals surface area contributed by atoms with E-state index < -0.39 is 0 Å². The van der Waals surface area contributed by atoms with Gasteiger partial charge in [-0.05, 0) is 43.0 Å². The van der Waals surface area contributed by atoms with E-state index in [0.717, 1.165) is 55.2 Å². The fourth-order valence-electron chi connectivity index (χ4n) is 3.82. The van der Waals surface area contributed by atoms with Gasteiger partial charge >= 0.3 is 0 Å². The molecule has 2 heterocycles. The second-order valence-corrected chi connectivity index (χ2v) is 7.23. The Morgan fingerprint density at radius 1 is 1.07 bits per heavy atom. The third kappa shape index (κ3) is 3.93. The fraction of sp³-hybridized carbons (Fsp3) is 0.304. The molecule has 2 aromatic carbocycles. The number of aromatic nitrogens is 2. The van der Waals surface area contributed by atoms with Crippen LogP contribution in [0.3, 0.4) is 0 Å². The van der Waals surface area contributed by atoms with Crippen molar-refractivity contribution in [1.29, 1.82) is 0 Å². The van der Waals surface area contributed by atoms with E-state index in [1.165, 1.54) is 0 Å². The molecule has 1 saturated heterocycles. The number of likely N-dealkylation sites (tertiary alicyclic amines) is 1. The van der Waals surface area contributed by atoms with Crippen molar-refractivity contribution in [2.75, 3.05) is 20.2 Å². The van der Waals surface area contributed by atoms with Crippen LogP contribution in [0.4, 0.5) is 0 Å². The predicted octanol–water partition coefficient (Wildman–Crippen LogP) is 4.11. The van der Waals surface area contributed by atoms with Gasteiger partial charge in [0.05, 0.1) is 7.11 Å². The Bertz CT molecular complexity index is 911. The van der Waals surface area contributed by atoms with E-state index >= 15 is 0 Å². The molecule has 1 aromatic heterocycles. The van der Waals surface area contributed by atoms with Gasteiger partial charge < -0.3 is 14.2 Å². The van der Waals surface area contributed by atoms with Gasteiger partial charge in [0, 0.05) is 43.2 Å². The number of hydrogen-bond acceptors (Lipinski definition) is 3. The van der Waals surface area contributed by atoms with Crippen molar-refractivity contribution in [2.45, 2.75) is 19.4 Å². The van der Waals surface area contributed by atoms with Crippen molar-refractivity contribution in [3.8, 4) is 17.1 Å². The van der Waals surface area contributed by atoms with Crippen LogP contribution in [-0.2, 0) is 6.54 Å². The summed E-state index contributed by atoms with van der Waals surface area (Å²) in [7, 11) is 1.63. The third-order valence-electron chi connectivity index (χ3n) is 5.44. The van der Waals surface area contributed by atoms with Gasteiger partial charge in [0.25, 0.3) is 5.91 Å². The first kappa shape index (κ1) is 18.3. The SMILES string of the molecule is COc1ccc(C(=O)N2CCC(Cn3ccnc3-c3ccccc3)CC2)cc1. The first-order chi connectivity index (χ1) is 13.7. The normalized spacial score (nSPS) is 14.8. The Balaban J connectivity index is 1.36. The maximum absolute atomic E-state index is 12.7. The molecule has 4 rings (SSSR count). The molecule has 5 nitrogen and oxygen atoms in total. The molecular formula is C23H25N3O2. The molecule has 0 saturated carbocycles. The van der Waals surface area contributed by atoms with Crippen LogP contribution in [0.25, 0.3) is 11.4 Å². The molecule has 1 aliphatic rings. The molecule has 1 aliphatic heterocycles. The molecule has 1 fully saturated rings. The smallest absolute Gasteiger partial charge is 0.253 e. The lowest BCUT2D eigenvalue weighted by molar-refractivity contribution is 0.0683. The zero-order valence-corrected chi connectivity index (χ0v) is 16.1. The highest BCUT2D eigenvalue weighted by Gasteiger charge is 2.24. The molecule has 0 spiro atoms. The molecule has 0 radical (unpaired) electrons. The Hall–Kier alpha value is -3.08. The van der Waals surface area contributed by atoms with Crippen LogP contribution in [0.1, 0.15) is 23.2 Å². The number of carbonyl (C=O) groups excluding carboxylic acids is 1. The molecule has 1 amide bonds. The number of ether oxygens (including phenoxy) is 1. The zero-order valence-electron chi connectivity index (χ0n) is 16.1. The summed E-state index contributed by atoms with van der Waals surface area (Å²) in [5, 5.41) is 0. The lowest BCUT2D eigenvalue weighted by Crippen LogP contribution is -2.39. The molecule has 28 heavy (non-hydrogen) atoms. The maximum atomic E-state index is 12.7. The van der Waals surface area contributed by atoms with Crippen molar-refractivity contribution in [3.05, 3.63) is 72.6 Å². The second kappa shape index (κ2) is 8.30. The minimum absolute atomic E-state index is 0.105. The monoisotopic (exact) mass is 375 g/mol. The summed E-state index contributed by atoms with van der Waals surface area (Å²) < 4.78 is 7.40. The number of benzene rings is 2. The molecule has 3 aromatic rings. The Labute approximate surface area is 165 Å². The summed E-state index contributed by atoms with van der Waals surface area (Å²) in [6.45, 7) is 2.53. The number of rotatable bonds is 5. The van der Waals surface area contributed by atoms with Crippen LogP contribution in [0.15, 0.2) is 67.0 Å². The third-order valence-corrected chi connectivity index (χ3v) is 5.44. The zero-order chi connectivity index (χ0) is 19.3. The van der Waals surface area contributed by atoms with Crippen LogP contribution in [-0.4, -0.2) is 40.6 Å². The number of amides is 1. The standard InChI is InChI=1S/C23H25N3O2/c1-28-21-9-7-20(8-10-21)23(27)25-14-11-18(12-15-25)17-26-16-13-24-22(26)19-5-3-2-4-6-19/h2-10,13,16,18H,11-12,14-15,17H2,1H3. The molecule has 0 unspecified atom stereocenters. The van der Waals surface area contributed by atoms with Crippen molar-refractivity contribution in [1.82, 2.24) is 14.5 Å². The van der Waals surface area contributed by atoms with Crippen molar-refractivity contribution >= 4 is 5.91 Å². The number of imidazole rings is 1. The number of hydrogen-bond donors (Lipinski definition) is 0. The highest BCUT2D eigenvalue weighted by molar-refractivity contribution is 5.94. The molecular weight excluding hydrogens is 350 g/mol. The van der Waals surface area contributed by atoms with Crippen molar-refractivity contribution in [3.63, 3.8) is 0 Å². The summed E-state index contributed by atoms with van der Waals surface area (Å²) in [6, 6.07) is 17.6. The summed E-state index contributed by atoms with van der Waals surface area (Å²) in [4.78, 5) is 19.2. The first-order valence-corrected chi connectivity index (χ1v) is 9.74. The number of carbonyl (C=O) groups is 1. The molecule has 5 heteroatoms. The Morgan fingerprint density at radius 3 is 2.46 bits per heavy atom. The van der Waals surface area contributed by atoms with Gasteiger partial charge in [0.2, 0.25) is 0 Å². The van der Waals surface area contributed by atoms with Crippen LogP contribution in [0, 0.1) is 5.92 Å². The summed E-state index contributed by atoms with van der Waals surface area (Å²) in [5.41, 5.74) is 1.86. The molecule has 0 N–H and O–H groups in total. The number of methoxy groups -OCH3 is 1. The van der Waals surface area contributed by atoms with Gasteiger partial charge in [-0.2, -0.15) is 0 Å². The summed E-state index contributed by atoms with van der Waals surface area (Å²) in [5.74, 6) is 2.44. The topological polar surface area (TPSA) is 47.4 Å². The summed E-state index contributed by atoms with van der Waals surface area (Å²) in [6.07, 6.45) is 5.94. The van der Waals surface area contributed by atoms with Gasteiger partial charge in [-0.15, -0.1) is 0 Å². The Morgan fingerprint density at radius 2 is 1.79 bits per heavy atom. The van der Waals surface area contributed by atoms with E-state index in [0.29, 0.717) is 5.92 Å². The molecule has 144 valence electrons. The lowest BCUT2D eigenvalue weighted by atomic mass is 9.96. The maximum Gasteiger partial charge on any atom is 0.253 e. The van der Waals surface area contributed by atoms with Crippen LogP contribution >= 0.6 is 0 Å². The fourth-order valence-corrected chi connectivity index (χ4v) is 3.82. The van der Waals surface area contributed by atoms with Crippen molar-refractivity contribution in [2.24, 2.45) is 5.92 Å². The van der Waals surface area contributed by atoms with E-state index in [2.05, 4.69) is 27.9 Å². The highest BCUT2D eigenvalue weighted by Crippen LogP contribution is 2.24. The van der Waals surface area contributed by atoms with E-state index in [1.807, 2.05) is 53.6 Å². The van der Waals surface area contributed by atoms with E-state index in [1.54, 1.807) is 7.11 Å². The van der Waals surface area contributed by atoms with Gasteiger partial charge in [-0.25, -0.2) is 4.98 Å². The highest BCUT2D eigenvalue weighted by atomic mass is 16.5. The van der Waals surface area contributed by atoms with Gasteiger partial charge in [0.15, 0.2) is 0 Å². The van der Waals surface area contributed by atoms with Crippen LogP contribution in [0.5, 0.6) is 5.75 Å². The minimum atomic E-state index is 0.105. The van der Waals surface area contributed by atoms with E-state index in [-0.39, 0.29) is 5.91 Å². The molecule has 0 bridgehead atoms. The van der Waals surface area contributed by atoms with E-state index in [4.69, 9.17) is 4.74 Å². The molecule has 0 aliphatic carbocycles. The quantitative estimate of drug-likeness (QED) is 0.674. The lowest BCUT2D eigenvalue weighted by Gasteiger charge is -2.32. The second-order valence-electron chi connectivity index (χ2n) is 7.23.